The Bertz CT molecular complexity index is 1300. The predicted octanol–water partition coefficient (Wildman–Crippen LogP) is 3.17. The first-order valence-corrected chi connectivity index (χ1v) is 8.76. The first kappa shape index (κ1) is 18.3. The van der Waals surface area contributed by atoms with E-state index in [1.165, 1.54) is 10.9 Å². The number of aromatic nitrogens is 6. The van der Waals surface area contributed by atoms with Crippen molar-refractivity contribution in [1.82, 2.24) is 29.8 Å². The molecule has 0 aliphatic heterocycles. The molecule has 0 atom stereocenters. The molecule has 0 amide bonds. The predicted molar refractivity (Wildman–Crippen MR) is 104 cm³/mol. The number of nitriles is 1. The zero-order chi connectivity index (χ0) is 20.5. The van der Waals surface area contributed by atoms with E-state index in [-0.39, 0.29) is 23.7 Å². The Morgan fingerprint density at radius 3 is 2.76 bits per heavy atom. The van der Waals surface area contributed by atoms with Crippen LogP contribution in [0.5, 0.6) is 0 Å². The molecule has 0 radical (unpaired) electrons. The number of imidazole rings is 1. The number of tetrazole rings is 1. The average Bonchev–Trinajstić information content (AvgIpc) is 3.30. The third-order valence-electron chi connectivity index (χ3n) is 4.57. The summed E-state index contributed by atoms with van der Waals surface area (Å²) in [4.78, 5) is 5.61. The molecule has 0 aliphatic carbocycles. The summed E-state index contributed by atoms with van der Waals surface area (Å²) in [7, 11) is 1.78. The number of nitrogens with zero attached hydrogens (tertiary/aromatic N) is 7. The van der Waals surface area contributed by atoms with Crippen molar-refractivity contribution in [1.29, 1.82) is 5.26 Å². The summed E-state index contributed by atoms with van der Waals surface area (Å²) in [6.07, 6.45) is 0. The summed E-state index contributed by atoms with van der Waals surface area (Å²) in [6, 6.07) is 14.0. The summed E-state index contributed by atoms with van der Waals surface area (Å²) in [5, 5.41) is 32.2. The van der Waals surface area contributed by atoms with E-state index >= 15 is 0 Å². The van der Waals surface area contributed by atoms with E-state index in [0.717, 1.165) is 11.0 Å². The molecule has 2 aromatic carbocycles. The van der Waals surface area contributed by atoms with Crippen molar-refractivity contribution in [3.05, 3.63) is 65.4 Å². The zero-order valence-electron chi connectivity index (χ0n) is 15.7. The van der Waals surface area contributed by atoms with Crippen LogP contribution >= 0.6 is 0 Å². The monoisotopic (exact) mass is 389 g/mol. The number of aliphatic hydroxyl groups excluding tert-OH is 1. The van der Waals surface area contributed by atoms with Crippen molar-refractivity contribution in [2.75, 3.05) is 0 Å². The number of para-hydroxylation sites is 2. The minimum absolute atomic E-state index is 0.0279. The lowest BCUT2D eigenvalue weighted by molar-refractivity contribution is 0.356. The molecule has 4 aromatic rings. The molecule has 0 saturated heterocycles. The smallest absolute Gasteiger partial charge is 0.204 e. The molecular formula is C20H16FN7O. The molecule has 4 rings (SSSR count). The fourth-order valence-corrected chi connectivity index (χ4v) is 3.04. The van der Waals surface area contributed by atoms with Crippen LogP contribution in [0.3, 0.4) is 0 Å². The van der Waals surface area contributed by atoms with Gasteiger partial charge in [-0.25, -0.2) is 9.37 Å². The van der Waals surface area contributed by atoms with Gasteiger partial charge in [-0.15, -0.1) is 10.2 Å². The third kappa shape index (κ3) is 3.32. The lowest BCUT2D eigenvalue weighted by Crippen LogP contribution is -2.08. The second-order valence-electron chi connectivity index (χ2n) is 6.52. The number of halogens is 1. The molecule has 0 saturated carbocycles. The summed E-state index contributed by atoms with van der Waals surface area (Å²) in [5.41, 5.74) is 2.67. The Kier molecular flexibility index (Phi) is 4.52. The lowest BCUT2D eigenvalue weighted by Gasteiger charge is -2.04. The van der Waals surface area contributed by atoms with Crippen molar-refractivity contribution in [2.45, 2.75) is 13.5 Å². The molecule has 144 valence electrons. The molecule has 1 N–H and O–H groups in total. The van der Waals surface area contributed by atoms with Crippen LogP contribution < -0.4 is 0 Å². The number of allylic oxidation sites excluding steroid dienone is 2. The van der Waals surface area contributed by atoms with Gasteiger partial charge in [0.1, 0.15) is 29.8 Å². The van der Waals surface area contributed by atoms with Crippen LogP contribution in [0.15, 0.2) is 48.2 Å². The lowest BCUT2D eigenvalue weighted by atomic mass is 10.1. The second-order valence-corrected chi connectivity index (χ2v) is 6.52. The highest BCUT2D eigenvalue weighted by Gasteiger charge is 2.18. The second kappa shape index (κ2) is 7.16. The van der Waals surface area contributed by atoms with Crippen LogP contribution in [0.2, 0.25) is 0 Å². The highest BCUT2D eigenvalue weighted by Crippen LogP contribution is 2.22. The van der Waals surface area contributed by atoms with Gasteiger partial charge >= 0.3 is 0 Å². The Morgan fingerprint density at radius 1 is 1.24 bits per heavy atom. The van der Waals surface area contributed by atoms with Crippen LogP contribution in [0.1, 0.15) is 11.4 Å². The fraction of sp³-hybridized carbons (Fsp3) is 0.150. The molecule has 0 fully saturated rings. The van der Waals surface area contributed by atoms with Crippen LogP contribution in [0, 0.1) is 24.1 Å². The normalized spacial score (nSPS) is 12.1. The van der Waals surface area contributed by atoms with Crippen LogP contribution in [-0.4, -0.2) is 34.9 Å². The summed E-state index contributed by atoms with van der Waals surface area (Å²) in [6.45, 7) is 1.49. The van der Waals surface area contributed by atoms with Crippen molar-refractivity contribution in [3.63, 3.8) is 0 Å². The molecule has 8 nitrogen and oxygen atoms in total. The number of hydrogen-bond acceptors (Lipinski definition) is 6. The SMILES string of the molecule is Cc1cc(-c2nnn(C/C(O)=C(\C#N)c3nc4ccccc4n3C)n2)ccc1F. The Hall–Kier alpha value is -4.06. The number of aliphatic hydroxyl groups is 1. The molecule has 2 aromatic heterocycles. The Morgan fingerprint density at radius 2 is 2.03 bits per heavy atom. The average molecular weight is 389 g/mol. The van der Waals surface area contributed by atoms with Gasteiger partial charge in [0.05, 0.1) is 11.0 Å². The van der Waals surface area contributed by atoms with Gasteiger partial charge in [-0.1, -0.05) is 12.1 Å². The topological polar surface area (TPSA) is 105 Å². The van der Waals surface area contributed by atoms with Gasteiger partial charge in [0.25, 0.3) is 0 Å². The van der Waals surface area contributed by atoms with Crippen LogP contribution in [0.4, 0.5) is 4.39 Å². The standard InChI is InChI=1S/C20H16FN7O/c1-12-9-13(7-8-15(12)21)19-24-26-28(25-19)11-18(29)14(10-22)20-23-16-5-3-4-6-17(16)27(20)2/h3-9,29H,11H2,1-2H3/b18-14-. The number of aryl methyl sites for hydroxylation is 2. The van der Waals surface area contributed by atoms with Gasteiger partial charge < -0.3 is 9.67 Å². The van der Waals surface area contributed by atoms with Gasteiger partial charge in [-0.3, -0.25) is 0 Å². The van der Waals surface area contributed by atoms with Gasteiger partial charge in [0.2, 0.25) is 5.82 Å². The zero-order valence-corrected chi connectivity index (χ0v) is 15.7. The van der Waals surface area contributed by atoms with Crippen molar-refractivity contribution < 1.29 is 9.50 Å². The maximum Gasteiger partial charge on any atom is 0.204 e. The van der Waals surface area contributed by atoms with Crippen molar-refractivity contribution in [2.24, 2.45) is 7.05 Å². The largest absolute Gasteiger partial charge is 0.509 e. The first-order valence-electron chi connectivity index (χ1n) is 8.76. The summed E-state index contributed by atoms with van der Waals surface area (Å²) < 4.78 is 15.2. The molecule has 0 spiro atoms. The van der Waals surface area contributed by atoms with Gasteiger partial charge in [-0.05, 0) is 48.0 Å². The van der Waals surface area contributed by atoms with Gasteiger partial charge in [0.15, 0.2) is 5.82 Å². The molecular weight excluding hydrogens is 373 g/mol. The van der Waals surface area contributed by atoms with Crippen molar-refractivity contribution >= 4 is 16.6 Å². The van der Waals surface area contributed by atoms with Gasteiger partial charge in [0, 0.05) is 12.6 Å². The minimum atomic E-state index is -0.317. The number of benzene rings is 2. The quantitative estimate of drug-likeness (QED) is 0.425. The minimum Gasteiger partial charge on any atom is -0.509 e. The highest BCUT2D eigenvalue weighted by atomic mass is 19.1. The number of fused-ring (bicyclic) bond motifs is 1. The Labute approximate surface area is 165 Å². The van der Waals surface area contributed by atoms with Crippen LogP contribution in [-0.2, 0) is 13.6 Å². The van der Waals surface area contributed by atoms with Crippen LogP contribution in [0.25, 0.3) is 28.0 Å². The summed E-state index contributed by atoms with van der Waals surface area (Å²) in [5.74, 6) is 0.0933. The van der Waals surface area contributed by atoms with E-state index in [0.29, 0.717) is 22.8 Å². The van der Waals surface area contributed by atoms with E-state index in [9.17, 15) is 14.8 Å². The summed E-state index contributed by atoms with van der Waals surface area (Å²) >= 11 is 0. The van der Waals surface area contributed by atoms with Gasteiger partial charge in [-0.2, -0.15) is 10.1 Å². The Balaban J connectivity index is 1.66. The van der Waals surface area contributed by atoms with E-state index in [1.54, 1.807) is 30.7 Å². The first-order chi connectivity index (χ1) is 14.0. The van der Waals surface area contributed by atoms with Crippen molar-refractivity contribution in [3.8, 4) is 17.5 Å². The fourth-order valence-electron chi connectivity index (χ4n) is 3.04. The maximum absolute atomic E-state index is 13.5. The number of rotatable bonds is 4. The molecule has 9 heteroatoms. The highest BCUT2D eigenvalue weighted by molar-refractivity contribution is 5.83. The van der Waals surface area contributed by atoms with E-state index < -0.39 is 0 Å². The maximum atomic E-state index is 13.5. The molecule has 29 heavy (non-hydrogen) atoms. The molecule has 2 heterocycles. The van der Waals surface area contributed by atoms with E-state index in [2.05, 4.69) is 20.4 Å². The molecule has 0 aliphatic rings. The van der Waals surface area contributed by atoms with E-state index in [1.807, 2.05) is 30.3 Å². The third-order valence-corrected chi connectivity index (χ3v) is 4.57. The molecule has 0 unspecified atom stereocenters. The van der Waals surface area contributed by atoms with E-state index in [4.69, 9.17) is 0 Å². The molecule has 0 bridgehead atoms. The number of hydrogen-bond donors (Lipinski definition) is 1.